The molecular weight excluding hydrogens is 360 g/mol. The van der Waals surface area contributed by atoms with E-state index >= 15 is 0 Å². The van der Waals surface area contributed by atoms with Gasteiger partial charge >= 0.3 is 0 Å². The first kappa shape index (κ1) is 15.8. The summed E-state index contributed by atoms with van der Waals surface area (Å²) in [4.78, 5) is 20.4. The van der Waals surface area contributed by atoms with E-state index in [1.165, 1.54) is 28.2 Å². The summed E-state index contributed by atoms with van der Waals surface area (Å²) in [6.45, 7) is 0.788. The molecule has 0 unspecified atom stereocenters. The minimum Gasteiger partial charge on any atom is -0.330 e. The van der Waals surface area contributed by atoms with Crippen molar-refractivity contribution in [1.82, 2.24) is 9.88 Å². The molecule has 3 nitrogen and oxygen atoms in total. The van der Waals surface area contributed by atoms with Gasteiger partial charge in [-0.3, -0.25) is 4.79 Å². The number of thiophene rings is 1. The first-order chi connectivity index (χ1) is 11.7. The van der Waals surface area contributed by atoms with Crippen LogP contribution in [0.4, 0.5) is 0 Å². The van der Waals surface area contributed by atoms with Crippen LogP contribution in [-0.2, 0) is 0 Å². The minimum absolute atomic E-state index is 0.0199. The van der Waals surface area contributed by atoms with Crippen LogP contribution in [0, 0.1) is 0 Å². The molecule has 0 spiro atoms. The second kappa shape index (κ2) is 6.67. The smallest absolute Gasteiger partial charge is 0.273 e. The molecule has 122 valence electrons. The number of halogens is 1. The maximum atomic E-state index is 12.9. The maximum absolute atomic E-state index is 12.9. The van der Waals surface area contributed by atoms with Gasteiger partial charge in [-0.1, -0.05) is 41.9 Å². The molecular formula is C18H15ClN2OS2. The van der Waals surface area contributed by atoms with Gasteiger partial charge in [-0.15, -0.1) is 22.7 Å². The summed E-state index contributed by atoms with van der Waals surface area (Å²) in [5.74, 6) is 0.0199. The summed E-state index contributed by atoms with van der Waals surface area (Å²) in [5.41, 5.74) is 1.73. The van der Waals surface area contributed by atoms with E-state index in [0.29, 0.717) is 5.69 Å². The zero-order chi connectivity index (χ0) is 16.5. The van der Waals surface area contributed by atoms with Crippen molar-refractivity contribution in [3.05, 3.63) is 63.4 Å². The number of nitrogens with zero attached hydrogens (tertiary/aromatic N) is 2. The fourth-order valence-corrected chi connectivity index (χ4v) is 5.00. The molecule has 3 aromatic rings. The second-order valence-electron chi connectivity index (χ2n) is 5.71. The average molecular weight is 375 g/mol. The van der Waals surface area contributed by atoms with Gasteiger partial charge in [0.05, 0.1) is 15.3 Å². The standard InChI is InChI=1S/C18H15ClN2OS2/c19-16-9-8-15(24-16)17-20-13(11-23-17)18(22)21-10-4-7-14(21)12-5-2-1-3-6-12/h1-3,5-6,8-9,11,14H,4,7,10H2/t14-/m1/s1. The molecule has 0 radical (unpaired) electrons. The molecule has 1 amide bonds. The Labute approximate surface area is 153 Å². The van der Waals surface area contributed by atoms with Crippen LogP contribution < -0.4 is 0 Å². The van der Waals surface area contributed by atoms with Gasteiger partial charge in [-0.05, 0) is 30.5 Å². The largest absolute Gasteiger partial charge is 0.330 e. The number of hydrogen-bond acceptors (Lipinski definition) is 4. The lowest BCUT2D eigenvalue weighted by atomic mass is 10.0. The molecule has 1 aliphatic heterocycles. The maximum Gasteiger partial charge on any atom is 0.273 e. The zero-order valence-electron chi connectivity index (χ0n) is 12.8. The highest BCUT2D eigenvalue weighted by molar-refractivity contribution is 7.23. The Morgan fingerprint density at radius 2 is 2.04 bits per heavy atom. The molecule has 0 aliphatic carbocycles. The Morgan fingerprint density at radius 1 is 1.21 bits per heavy atom. The average Bonchev–Trinajstić information content (AvgIpc) is 3.35. The van der Waals surface area contributed by atoms with Crippen LogP contribution in [-0.4, -0.2) is 22.3 Å². The molecule has 1 atom stereocenters. The Morgan fingerprint density at radius 3 is 2.79 bits per heavy atom. The van der Waals surface area contributed by atoms with Crippen LogP contribution in [0.1, 0.15) is 34.9 Å². The third-order valence-electron chi connectivity index (χ3n) is 4.21. The van der Waals surface area contributed by atoms with E-state index in [4.69, 9.17) is 11.6 Å². The van der Waals surface area contributed by atoms with Crippen molar-refractivity contribution < 1.29 is 4.79 Å². The molecule has 4 rings (SSSR count). The van der Waals surface area contributed by atoms with Crippen molar-refractivity contribution in [1.29, 1.82) is 0 Å². The van der Waals surface area contributed by atoms with Crippen LogP contribution >= 0.6 is 34.3 Å². The quantitative estimate of drug-likeness (QED) is 0.606. The molecule has 2 aromatic heterocycles. The van der Waals surface area contributed by atoms with Gasteiger partial charge in [0.15, 0.2) is 0 Å². The minimum atomic E-state index is 0.0199. The number of carbonyl (C=O) groups is 1. The topological polar surface area (TPSA) is 33.2 Å². The number of amides is 1. The first-order valence-corrected chi connectivity index (χ1v) is 9.87. The molecule has 0 bridgehead atoms. The molecule has 1 aromatic carbocycles. The number of aromatic nitrogens is 1. The SMILES string of the molecule is O=C(c1csc(-c2ccc(Cl)s2)n1)N1CCC[C@@H]1c1ccccc1. The van der Waals surface area contributed by atoms with E-state index in [-0.39, 0.29) is 11.9 Å². The third-order valence-corrected chi connectivity index (χ3v) is 6.45. The van der Waals surface area contributed by atoms with Crippen molar-refractivity contribution in [3.8, 4) is 9.88 Å². The number of hydrogen-bond donors (Lipinski definition) is 0. The van der Waals surface area contributed by atoms with Crippen LogP contribution in [0.3, 0.4) is 0 Å². The highest BCUT2D eigenvalue weighted by Gasteiger charge is 2.31. The summed E-state index contributed by atoms with van der Waals surface area (Å²) in [6.07, 6.45) is 2.04. The first-order valence-electron chi connectivity index (χ1n) is 7.79. The summed E-state index contributed by atoms with van der Waals surface area (Å²) < 4.78 is 0.733. The molecule has 3 heterocycles. The lowest BCUT2D eigenvalue weighted by molar-refractivity contribution is 0.0730. The number of carbonyl (C=O) groups excluding carboxylic acids is 1. The van der Waals surface area contributed by atoms with Crippen molar-refractivity contribution in [3.63, 3.8) is 0 Å². The molecule has 0 N–H and O–H groups in total. The normalized spacial score (nSPS) is 17.4. The van der Waals surface area contributed by atoms with Crippen LogP contribution in [0.25, 0.3) is 9.88 Å². The van der Waals surface area contributed by atoms with E-state index in [9.17, 15) is 4.79 Å². The number of benzene rings is 1. The number of thiazole rings is 1. The Hall–Kier alpha value is -1.69. The second-order valence-corrected chi connectivity index (χ2v) is 8.28. The molecule has 0 saturated carbocycles. The van der Waals surface area contributed by atoms with Gasteiger partial charge in [0.25, 0.3) is 5.91 Å². The lowest BCUT2D eigenvalue weighted by Crippen LogP contribution is -2.30. The van der Waals surface area contributed by atoms with Gasteiger partial charge in [-0.25, -0.2) is 4.98 Å². The van der Waals surface area contributed by atoms with E-state index in [0.717, 1.165) is 33.6 Å². The van der Waals surface area contributed by atoms with Gasteiger partial charge in [0.1, 0.15) is 10.7 Å². The fourth-order valence-electron chi connectivity index (χ4n) is 3.09. The molecule has 1 fully saturated rings. The van der Waals surface area contributed by atoms with Crippen LogP contribution in [0.15, 0.2) is 47.8 Å². The summed E-state index contributed by atoms with van der Waals surface area (Å²) >= 11 is 8.97. The molecule has 1 saturated heterocycles. The number of likely N-dealkylation sites (tertiary alicyclic amines) is 1. The van der Waals surface area contributed by atoms with Crippen molar-refractivity contribution in [2.75, 3.05) is 6.54 Å². The van der Waals surface area contributed by atoms with E-state index in [2.05, 4.69) is 17.1 Å². The van der Waals surface area contributed by atoms with Gasteiger partial charge in [0, 0.05) is 11.9 Å². The van der Waals surface area contributed by atoms with Crippen molar-refractivity contribution >= 4 is 40.2 Å². The van der Waals surface area contributed by atoms with Crippen LogP contribution in [0.2, 0.25) is 4.34 Å². The highest BCUT2D eigenvalue weighted by Crippen LogP contribution is 2.35. The van der Waals surface area contributed by atoms with E-state index in [1.54, 1.807) is 0 Å². The lowest BCUT2D eigenvalue weighted by Gasteiger charge is -2.24. The Bertz CT molecular complexity index is 859. The zero-order valence-corrected chi connectivity index (χ0v) is 15.2. The summed E-state index contributed by atoms with van der Waals surface area (Å²) in [5, 5.41) is 2.71. The molecule has 6 heteroatoms. The van der Waals surface area contributed by atoms with Crippen molar-refractivity contribution in [2.45, 2.75) is 18.9 Å². The monoisotopic (exact) mass is 374 g/mol. The molecule has 24 heavy (non-hydrogen) atoms. The van der Waals surface area contributed by atoms with Crippen molar-refractivity contribution in [2.24, 2.45) is 0 Å². The Kier molecular flexibility index (Phi) is 4.39. The predicted molar refractivity (Wildman–Crippen MR) is 99.9 cm³/mol. The number of rotatable bonds is 3. The third kappa shape index (κ3) is 2.99. The predicted octanol–water partition coefficient (Wildman–Crippen LogP) is 5.50. The van der Waals surface area contributed by atoms with Gasteiger partial charge in [-0.2, -0.15) is 0 Å². The summed E-state index contributed by atoms with van der Waals surface area (Å²) in [7, 11) is 0. The van der Waals surface area contributed by atoms with Gasteiger partial charge < -0.3 is 4.90 Å². The van der Waals surface area contributed by atoms with E-state index in [1.807, 2.05) is 40.6 Å². The fraction of sp³-hybridized carbons (Fsp3) is 0.222. The van der Waals surface area contributed by atoms with Gasteiger partial charge in [0.2, 0.25) is 0 Å². The van der Waals surface area contributed by atoms with E-state index < -0.39 is 0 Å². The highest BCUT2D eigenvalue weighted by atomic mass is 35.5. The van der Waals surface area contributed by atoms with Crippen LogP contribution in [0.5, 0.6) is 0 Å². The molecule has 1 aliphatic rings. The summed E-state index contributed by atoms with van der Waals surface area (Å²) in [6, 6.07) is 14.2. The Balaban J connectivity index is 1.58.